The first-order valence-electron chi connectivity index (χ1n) is 7.89. The van der Waals surface area contributed by atoms with E-state index < -0.39 is 11.8 Å². The van der Waals surface area contributed by atoms with Crippen molar-refractivity contribution >= 4 is 17.6 Å². The third-order valence-corrected chi connectivity index (χ3v) is 4.00. The average Bonchev–Trinajstić information content (AvgIpc) is 3.05. The SMILES string of the molecule is O=C(Nc1ccc(F)cc1)N[C@@H]1CCN(C(=O)c2ccc(F)cc2)C1. The van der Waals surface area contributed by atoms with Crippen molar-refractivity contribution in [2.75, 3.05) is 18.4 Å². The first-order chi connectivity index (χ1) is 12.0. The first kappa shape index (κ1) is 16.9. The molecule has 0 radical (unpaired) electrons. The lowest BCUT2D eigenvalue weighted by atomic mass is 10.2. The van der Waals surface area contributed by atoms with Crippen LogP contribution >= 0.6 is 0 Å². The molecule has 25 heavy (non-hydrogen) atoms. The van der Waals surface area contributed by atoms with Crippen LogP contribution in [0.15, 0.2) is 48.5 Å². The molecule has 2 N–H and O–H groups in total. The summed E-state index contributed by atoms with van der Waals surface area (Å²) in [6.45, 7) is 0.894. The molecule has 2 aromatic carbocycles. The maximum atomic E-state index is 12.9. The minimum atomic E-state index is -0.410. The van der Waals surface area contributed by atoms with Gasteiger partial charge < -0.3 is 15.5 Å². The Hall–Kier alpha value is -2.96. The van der Waals surface area contributed by atoms with Crippen LogP contribution in [0, 0.1) is 11.6 Å². The zero-order valence-corrected chi connectivity index (χ0v) is 13.3. The molecule has 0 saturated carbocycles. The molecule has 1 atom stereocenters. The zero-order valence-electron chi connectivity index (χ0n) is 13.3. The maximum Gasteiger partial charge on any atom is 0.319 e. The number of amides is 3. The van der Waals surface area contributed by atoms with E-state index in [1.807, 2.05) is 0 Å². The Labute approximate surface area is 143 Å². The van der Waals surface area contributed by atoms with Gasteiger partial charge in [-0.3, -0.25) is 4.79 Å². The fourth-order valence-corrected chi connectivity index (χ4v) is 2.72. The topological polar surface area (TPSA) is 61.4 Å². The minimum Gasteiger partial charge on any atom is -0.337 e. The van der Waals surface area contributed by atoms with Crippen LogP contribution in [0.25, 0.3) is 0 Å². The first-order valence-corrected chi connectivity index (χ1v) is 7.89. The smallest absolute Gasteiger partial charge is 0.319 e. The summed E-state index contributed by atoms with van der Waals surface area (Å²) in [5, 5.41) is 5.41. The van der Waals surface area contributed by atoms with E-state index in [0.717, 1.165) is 0 Å². The van der Waals surface area contributed by atoms with Gasteiger partial charge in [-0.05, 0) is 55.0 Å². The Morgan fingerprint density at radius 3 is 2.20 bits per heavy atom. The van der Waals surface area contributed by atoms with Gasteiger partial charge in [0.15, 0.2) is 0 Å². The van der Waals surface area contributed by atoms with Gasteiger partial charge in [-0.1, -0.05) is 0 Å². The summed E-state index contributed by atoms with van der Waals surface area (Å²) in [5.41, 5.74) is 0.897. The predicted octanol–water partition coefficient (Wildman–Crippen LogP) is 3.00. The molecule has 130 valence electrons. The van der Waals surface area contributed by atoms with Crippen molar-refractivity contribution < 1.29 is 18.4 Å². The third-order valence-electron chi connectivity index (χ3n) is 4.00. The summed E-state index contributed by atoms with van der Waals surface area (Å²) in [5.74, 6) is -0.963. The molecule has 0 unspecified atom stereocenters. The molecular formula is C18H17F2N3O2. The molecule has 1 saturated heterocycles. The number of nitrogens with zero attached hydrogens (tertiary/aromatic N) is 1. The van der Waals surface area contributed by atoms with Gasteiger partial charge in [0.1, 0.15) is 11.6 Å². The number of urea groups is 1. The Balaban J connectivity index is 1.52. The molecule has 2 aromatic rings. The van der Waals surface area contributed by atoms with Crippen molar-refractivity contribution in [2.24, 2.45) is 0 Å². The number of rotatable bonds is 3. The molecule has 0 bridgehead atoms. The molecule has 1 aliphatic rings. The van der Waals surface area contributed by atoms with E-state index in [0.29, 0.717) is 30.8 Å². The van der Waals surface area contributed by atoms with Crippen LogP contribution in [0.1, 0.15) is 16.8 Å². The monoisotopic (exact) mass is 345 g/mol. The lowest BCUT2D eigenvalue weighted by molar-refractivity contribution is 0.0789. The number of carbonyl (C=O) groups is 2. The maximum absolute atomic E-state index is 12.9. The highest BCUT2D eigenvalue weighted by molar-refractivity contribution is 5.94. The number of nitrogens with one attached hydrogen (secondary N) is 2. The molecule has 0 aromatic heterocycles. The molecule has 0 spiro atoms. The molecule has 0 aliphatic carbocycles. The van der Waals surface area contributed by atoms with Crippen LogP contribution in [0.3, 0.4) is 0 Å². The second-order valence-electron chi connectivity index (χ2n) is 5.85. The van der Waals surface area contributed by atoms with Crippen molar-refractivity contribution in [1.29, 1.82) is 0 Å². The number of likely N-dealkylation sites (tertiary alicyclic amines) is 1. The predicted molar refractivity (Wildman–Crippen MR) is 89.3 cm³/mol. The summed E-state index contributed by atoms with van der Waals surface area (Å²) in [6, 6.07) is 10.2. The van der Waals surface area contributed by atoms with E-state index in [2.05, 4.69) is 10.6 Å². The van der Waals surface area contributed by atoms with Crippen LogP contribution in [-0.2, 0) is 0 Å². The van der Waals surface area contributed by atoms with Crippen molar-refractivity contribution in [2.45, 2.75) is 12.5 Å². The van der Waals surface area contributed by atoms with Crippen molar-refractivity contribution in [3.05, 3.63) is 65.7 Å². The Morgan fingerprint density at radius 1 is 0.960 bits per heavy atom. The Kier molecular flexibility index (Phi) is 4.92. The molecule has 3 amide bonds. The Bertz CT molecular complexity index is 763. The minimum absolute atomic E-state index is 0.176. The molecule has 1 heterocycles. The van der Waals surface area contributed by atoms with Gasteiger partial charge in [-0.2, -0.15) is 0 Å². The van der Waals surface area contributed by atoms with Crippen molar-refractivity contribution in [3.63, 3.8) is 0 Å². The number of halogens is 2. The Morgan fingerprint density at radius 2 is 1.56 bits per heavy atom. The highest BCUT2D eigenvalue weighted by Crippen LogP contribution is 2.15. The largest absolute Gasteiger partial charge is 0.337 e. The second kappa shape index (κ2) is 7.29. The van der Waals surface area contributed by atoms with Crippen LogP contribution in [0.4, 0.5) is 19.3 Å². The molecule has 1 fully saturated rings. The van der Waals surface area contributed by atoms with Crippen LogP contribution in [0.2, 0.25) is 0 Å². The quantitative estimate of drug-likeness (QED) is 0.898. The van der Waals surface area contributed by atoms with Crippen LogP contribution in [0.5, 0.6) is 0 Å². The average molecular weight is 345 g/mol. The van der Waals surface area contributed by atoms with Gasteiger partial charge >= 0.3 is 6.03 Å². The van der Waals surface area contributed by atoms with E-state index in [9.17, 15) is 18.4 Å². The molecule has 1 aliphatic heterocycles. The van der Waals surface area contributed by atoms with E-state index in [4.69, 9.17) is 0 Å². The fourth-order valence-electron chi connectivity index (χ4n) is 2.72. The van der Waals surface area contributed by atoms with Crippen LogP contribution < -0.4 is 10.6 Å². The summed E-state index contributed by atoms with van der Waals surface area (Å²) in [7, 11) is 0. The number of anilines is 1. The number of benzene rings is 2. The standard InChI is InChI=1S/C18H17F2N3O2/c19-13-3-1-12(2-4-13)17(24)23-10-9-16(11-23)22-18(25)21-15-7-5-14(20)6-8-15/h1-8,16H,9-11H2,(H2,21,22,25)/t16-/m1/s1. The van der Waals surface area contributed by atoms with Gasteiger partial charge in [0.25, 0.3) is 5.91 Å². The molecule has 5 nitrogen and oxygen atoms in total. The second-order valence-corrected chi connectivity index (χ2v) is 5.85. The zero-order chi connectivity index (χ0) is 17.8. The van der Waals surface area contributed by atoms with E-state index in [-0.39, 0.29) is 17.8 Å². The number of hydrogen-bond acceptors (Lipinski definition) is 2. The summed E-state index contributed by atoms with van der Waals surface area (Å²) >= 11 is 0. The van der Waals surface area contributed by atoms with Crippen LogP contribution in [-0.4, -0.2) is 36.0 Å². The highest BCUT2D eigenvalue weighted by Gasteiger charge is 2.28. The van der Waals surface area contributed by atoms with Crippen molar-refractivity contribution in [1.82, 2.24) is 10.2 Å². The highest BCUT2D eigenvalue weighted by atomic mass is 19.1. The van der Waals surface area contributed by atoms with Crippen molar-refractivity contribution in [3.8, 4) is 0 Å². The summed E-state index contributed by atoms with van der Waals surface area (Å²) in [4.78, 5) is 25.9. The number of hydrogen-bond donors (Lipinski definition) is 2. The summed E-state index contributed by atoms with van der Waals surface area (Å²) in [6.07, 6.45) is 0.629. The molecule has 7 heteroatoms. The fraction of sp³-hybridized carbons (Fsp3) is 0.222. The lowest BCUT2D eigenvalue weighted by Crippen LogP contribution is -2.40. The lowest BCUT2D eigenvalue weighted by Gasteiger charge is -2.17. The van der Waals surface area contributed by atoms with Gasteiger partial charge in [0, 0.05) is 30.4 Å². The van der Waals surface area contributed by atoms with Gasteiger partial charge in [0.2, 0.25) is 0 Å². The third kappa shape index (κ3) is 4.32. The van der Waals surface area contributed by atoms with E-state index in [1.165, 1.54) is 48.5 Å². The normalized spacial score (nSPS) is 16.6. The van der Waals surface area contributed by atoms with E-state index in [1.54, 1.807) is 4.90 Å². The summed E-state index contributed by atoms with van der Waals surface area (Å²) < 4.78 is 25.8. The van der Waals surface area contributed by atoms with Gasteiger partial charge in [0.05, 0.1) is 0 Å². The van der Waals surface area contributed by atoms with Gasteiger partial charge in [-0.25, -0.2) is 13.6 Å². The number of carbonyl (C=O) groups excluding carboxylic acids is 2. The molecule has 3 rings (SSSR count). The van der Waals surface area contributed by atoms with E-state index >= 15 is 0 Å². The molecular weight excluding hydrogens is 328 g/mol. The van der Waals surface area contributed by atoms with Gasteiger partial charge in [-0.15, -0.1) is 0 Å².